The molecular weight excluding hydrogens is 212 g/mol. The summed E-state index contributed by atoms with van der Waals surface area (Å²) in [6, 6.07) is 0. The minimum atomic E-state index is 0.0458. The smallest absolute Gasteiger partial charge is 0.187 e. The van der Waals surface area contributed by atoms with Crippen LogP contribution in [0.1, 0.15) is 9.67 Å². The fourth-order valence-electron chi connectivity index (χ4n) is 0.784. The highest BCUT2D eigenvalue weighted by molar-refractivity contribution is 7.17. The second-order valence-corrected chi connectivity index (χ2v) is 3.78. The Morgan fingerprint density at radius 1 is 1.77 bits per heavy atom. The molecule has 0 saturated carbocycles. The van der Waals surface area contributed by atoms with Gasteiger partial charge in [0.05, 0.1) is 6.61 Å². The van der Waals surface area contributed by atoms with Crippen molar-refractivity contribution >= 4 is 34.4 Å². The Morgan fingerprint density at radius 2 is 2.46 bits per heavy atom. The van der Waals surface area contributed by atoms with Gasteiger partial charge in [0.1, 0.15) is 4.88 Å². The molecule has 0 aromatic carbocycles. The molecule has 1 aromatic rings. The van der Waals surface area contributed by atoms with Gasteiger partial charge in [-0.2, -0.15) is 0 Å². The first-order valence-electron chi connectivity index (χ1n) is 3.62. The van der Waals surface area contributed by atoms with Crippen LogP contribution in [0, 0.1) is 0 Å². The third-order valence-corrected chi connectivity index (χ3v) is 2.96. The highest BCUT2D eigenvalue weighted by Gasteiger charge is 2.10. The molecule has 1 rings (SSSR count). The molecule has 0 aliphatic heterocycles. The Labute approximate surface area is 84.8 Å². The highest BCUT2D eigenvalue weighted by Crippen LogP contribution is 2.27. The normalized spacial score (nSPS) is 10.1. The second kappa shape index (κ2) is 4.55. The fourth-order valence-corrected chi connectivity index (χ4v) is 1.83. The van der Waals surface area contributed by atoms with Crippen LogP contribution in [0.4, 0.5) is 5.13 Å². The number of nitrogens with zero attached hydrogens (tertiary/aromatic N) is 2. The van der Waals surface area contributed by atoms with Gasteiger partial charge < -0.3 is 10.0 Å². The van der Waals surface area contributed by atoms with Crippen LogP contribution in [0.2, 0.25) is 5.15 Å². The van der Waals surface area contributed by atoms with E-state index < -0.39 is 0 Å². The molecule has 0 unspecified atom stereocenters. The molecule has 0 saturated heterocycles. The average molecular weight is 221 g/mol. The first kappa shape index (κ1) is 10.4. The summed E-state index contributed by atoms with van der Waals surface area (Å²) in [6.45, 7) is 0.520. The second-order valence-electron chi connectivity index (χ2n) is 2.41. The molecule has 0 spiro atoms. The third kappa shape index (κ3) is 2.40. The third-order valence-electron chi connectivity index (χ3n) is 1.47. The number of carbonyl (C=O) groups is 1. The maximum atomic E-state index is 10.4. The van der Waals surface area contributed by atoms with Crippen LogP contribution in [-0.4, -0.2) is 36.6 Å². The van der Waals surface area contributed by atoms with Gasteiger partial charge in [0.2, 0.25) is 0 Å². The van der Waals surface area contributed by atoms with Crippen molar-refractivity contribution in [2.45, 2.75) is 0 Å². The summed E-state index contributed by atoms with van der Waals surface area (Å²) in [5.74, 6) is 0. The minimum Gasteiger partial charge on any atom is -0.395 e. The van der Waals surface area contributed by atoms with Crippen LogP contribution in [-0.2, 0) is 0 Å². The molecule has 6 heteroatoms. The Morgan fingerprint density at radius 3 is 2.92 bits per heavy atom. The molecule has 1 heterocycles. The number of aldehydes is 1. The lowest BCUT2D eigenvalue weighted by Crippen LogP contribution is -2.20. The van der Waals surface area contributed by atoms with Crippen LogP contribution in [0.5, 0.6) is 0 Å². The summed E-state index contributed by atoms with van der Waals surface area (Å²) >= 11 is 6.88. The van der Waals surface area contributed by atoms with Gasteiger partial charge in [0, 0.05) is 13.6 Å². The van der Waals surface area contributed by atoms with E-state index >= 15 is 0 Å². The molecule has 72 valence electrons. The number of carbonyl (C=O) groups excluding carboxylic acids is 1. The van der Waals surface area contributed by atoms with Gasteiger partial charge in [-0.25, -0.2) is 4.98 Å². The van der Waals surface area contributed by atoms with Crippen molar-refractivity contribution in [2.24, 2.45) is 0 Å². The quantitative estimate of drug-likeness (QED) is 0.771. The first-order chi connectivity index (χ1) is 6.19. The standard InChI is InChI=1S/C7H9ClN2O2S/c1-10(2-3-11)7-9-6(8)5(4-12)13-7/h4,11H,2-3H2,1H3. The number of rotatable bonds is 4. The first-order valence-corrected chi connectivity index (χ1v) is 4.82. The van der Waals surface area contributed by atoms with Gasteiger partial charge in [0.25, 0.3) is 0 Å². The monoisotopic (exact) mass is 220 g/mol. The highest BCUT2D eigenvalue weighted by atomic mass is 35.5. The summed E-state index contributed by atoms with van der Waals surface area (Å²) in [4.78, 5) is 16.6. The van der Waals surface area contributed by atoms with Gasteiger partial charge in [0.15, 0.2) is 16.6 Å². The molecular formula is C7H9ClN2O2S. The number of likely N-dealkylation sites (N-methyl/N-ethyl adjacent to an activating group) is 1. The number of thiazole rings is 1. The molecule has 0 aliphatic rings. The molecule has 13 heavy (non-hydrogen) atoms. The number of hydrogen-bond donors (Lipinski definition) is 1. The molecule has 0 aliphatic carbocycles. The van der Waals surface area contributed by atoms with E-state index in [4.69, 9.17) is 16.7 Å². The van der Waals surface area contributed by atoms with E-state index in [0.717, 1.165) is 0 Å². The lowest BCUT2D eigenvalue weighted by atomic mass is 10.6. The summed E-state index contributed by atoms with van der Waals surface area (Å²) < 4.78 is 0. The number of anilines is 1. The molecule has 0 fully saturated rings. The zero-order valence-electron chi connectivity index (χ0n) is 7.03. The maximum absolute atomic E-state index is 10.4. The van der Waals surface area contributed by atoms with Crippen LogP contribution in [0.3, 0.4) is 0 Å². The van der Waals surface area contributed by atoms with E-state index in [9.17, 15) is 4.79 Å². The lowest BCUT2D eigenvalue weighted by molar-refractivity contribution is 0.112. The van der Waals surface area contributed by atoms with E-state index in [1.807, 2.05) is 0 Å². The summed E-state index contributed by atoms with van der Waals surface area (Å²) in [7, 11) is 1.78. The number of hydrogen-bond acceptors (Lipinski definition) is 5. The molecule has 4 nitrogen and oxygen atoms in total. The van der Waals surface area contributed by atoms with Crippen LogP contribution in [0.25, 0.3) is 0 Å². The number of aliphatic hydroxyl groups excluding tert-OH is 1. The number of halogens is 1. The Balaban J connectivity index is 2.83. The van der Waals surface area contributed by atoms with Crippen molar-refractivity contribution < 1.29 is 9.90 Å². The Hall–Kier alpha value is -0.650. The minimum absolute atomic E-state index is 0.0458. The maximum Gasteiger partial charge on any atom is 0.187 e. The van der Waals surface area contributed by atoms with Gasteiger partial charge in [-0.15, -0.1) is 0 Å². The number of aromatic nitrogens is 1. The van der Waals surface area contributed by atoms with Crippen molar-refractivity contribution in [2.75, 3.05) is 25.1 Å². The van der Waals surface area contributed by atoms with Gasteiger partial charge in [-0.3, -0.25) is 4.79 Å². The molecule has 0 bridgehead atoms. The fraction of sp³-hybridized carbons (Fsp3) is 0.429. The zero-order valence-corrected chi connectivity index (χ0v) is 8.60. The molecule has 0 amide bonds. The van der Waals surface area contributed by atoms with Crippen molar-refractivity contribution in [1.82, 2.24) is 4.98 Å². The van der Waals surface area contributed by atoms with Crippen LogP contribution < -0.4 is 4.90 Å². The van der Waals surface area contributed by atoms with Crippen LogP contribution >= 0.6 is 22.9 Å². The van der Waals surface area contributed by atoms with Gasteiger partial charge >= 0.3 is 0 Å². The van der Waals surface area contributed by atoms with E-state index in [2.05, 4.69) is 4.98 Å². The molecule has 1 N–H and O–H groups in total. The van der Waals surface area contributed by atoms with Crippen LogP contribution in [0.15, 0.2) is 0 Å². The van der Waals surface area contributed by atoms with E-state index in [0.29, 0.717) is 22.8 Å². The SMILES string of the molecule is CN(CCO)c1nc(Cl)c(C=O)s1. The predicted molar refractivity (Wildman–Crippen MR) is 52.9 cm³/mol. The Kier molecular flexibility index (Phi) is 3.65. The van der Waals surface area contributed by atoms with E-state index in [1.165, 1.54) is 11.3 Å². The number of aliphatic hydroxyl groups is 1. The van der Waals surface area contributed by atoms with E-state index in [1.54, 1.807) is 11.9 Å². The average Bonchev–Trinajstić information content (AvgIpc) is 2.47. The van der Waals surface area contributed by atoms with Crippen molar-refractivity contribution in [3.63, 3.8) is 0 Å². The largest absolute Gasteiger partial charge is 0.395 e. The summed E-state index contributed by atoms with van der Waals surface area (Å²) in [5, 5.41) is 9.53. The van der Waals surface area contributed by atoms with Crippen molar-refractivity contribution in [1.29, 1.82) is 0 Å². The lowest BCUT2D eigenvalue weighted by Gasteiger charge is -2.12. The zero-order chi connectivity index (χ0) is 9.84. The van der Waals surface area contributed by atoms with Gasteiger partial charge in [-0.1, -0.05) is 22.9 Å². The molecule has 1 aromatic heterocycles. The Bertz CT molecular complexity index is 303. The van der Waals surface area contributed by atoms with E-state index in [-0.39, 0.29) is 11.8 Å². The predicted octanol–water partition coefficient (Wildman–Crippen LogP) is 1.04. The topological polar surface area (TPSA) is 53.4 Å². The summed E-state index contributed by atoms with van der Waals surface area (Å²) in [5.41, 5.74) is 0. The van der Waals surface area contributed by atoms with Gasteiger partial charge in [-0.05, 0) is 0 Å². The molecule has 0 atom stereocenters. The summed E-state index contributed by atoms with van der Waals surface area (Å²) in [6.07, 6.45) is 0.677. The van der Waals surface area contributed by atoms with Crippen molar-refractivity contribution in [3.8, 4) is 0 Å². The molecule has 0 radical (unpaired) electrons. The van der Waals surface area contributed by atoms with Crippen molar-refractivity contribution in [3.05, 3.63) is 10.0 Å².